The van der Waals surface area contributed by atoms with Gasteiger partial charge in [-0.15, -0.1) is 0 Å². The smallest absolute Gasteiger partial charge is 0.260 e. The van der Waals surface area contributed by atoms with E-state index in [1.54, 1.807) is 12.0 Å². The summed E-state index contributed by atoms with van der Waals surface area (Å²) in [5.74, 6) is 1.15. The maximum Gasteiger partial charge on any atom is 0.260 e. The number of aryl methyl sites for hydroxylation is 1. The summed E-state index contributed by atoms with van der Waals surface area (Å²) in [5, 5.41) is 10.1. The maximum atomic E-state index is 12.3. The van der Waals surface area contributed by atoms with E-state index < -0.39 is 5.60 Å². The van der Waals surface area contributed by atoms with Gasteiger partial charge in [-0.3, -0.25) is 4.79 Å². The van der Waals surface area contributed by atoms with Crippen LogP contribution in [-0.2, 0) is 4.79 Å². The molecule has 1 unspecified atom stereocenters. The zero-order valence-corrected chi connectivity index (χ0v) is 13.6. The number of methoxy groups -OCH3 is 1. The van der Waals surface area contributed by atoms with E-state index in [-0.39, 0.29) is 12.5 Å². The van der Waals surface area contributed by atoms with Crippen molar-refractivity contribution in [3.8, 4) is 11.5 Å². The van der Waals surface area contributed by atoms with E-state index in [0.717, 1.165) is 18.4 Å². The first-order valence-electron chi connectivity index (χ1n) is 7.69. The number of likely N-dealkylation sites (tertiary alicyclic amines) is 1. The van der Waals surface area contributed by atoms with Crippen molar-refractivity contribution in [2.45, 2.75) is 38.7 Å². The Bertz CT molecular complexity index is 527. The second-order valence-corrected chi connectivity index (χ2v) is 6.17. The zero-order chi connectivity index (χ0) is 16.2. The minimum Gasteiger partial charge on any atom is -0.493 e. The summed E-state index contributed by atoms with van der Waals surface area (Å²) < 4.78 is 10.9. The Morgan fingerprint density at radius 1 is 1.32 bits per heavy atom. The molecule has 1 aliphatic heterocycles. The van der Waals surface area contributed by atoms with Gasteiger partial charge in [-0.05, 0) is 50.8 Å². The average molecular weight is 307 g/mol. The molecule has 5 heteroatoms. The van der Waals surface area contributed by atoms with Crippen molar-refractivity contribution in [2.75, 3.05) is 26.8 Å². The molecular weight excluding hydrogens is 282 g/mol. The summed E-state index contributed by atoms with van der Waals surface area (Å²) in [7, 11) is 1.58. The highest BCUT2D eigenvalue weighted by Gasteiger charge is 2.27. The molecule has 0 aromatic heterocycles. The highest BCUT2D eigenvalue weighted by molar-refractivity contribution is 5.77. The monoisotopic (exact) mass is 307 g/mol. The number of carbonyl (C=O) groups excluding carboxylic acids is 1. The van der Waals surface area contributed by atoms with Gasteiger partial charge in [0.05, 0.1) is 12.7 Å². The van der Waals surface area contributed by atoms with Gasteiger partial charge >= 0.3 is 0 Å². The SMILES string of the molecule is COc1cc(C)ccc1OCC(=O)N1CCCC(C)(O)CC1. The fourth-order valence-electron chi connectivity index (χ4n) is 2.64. The van der Waals surface area contributed by atoms with Crippen molar-refractivity contribution in [1.82, 2.24) is 4.90 Å². The number of rotatable bonds is 4. The number of aliphatic hydroxyl groups is 1. The minimum absolute atomic E-state index is 0.0123. The Morgan fingerprint density at radius 2 is 2.09 bits per heavy atom. The van der Waals surface area contributed by atoms with Crippen LogP contribution in [0.5, 0.6) is 11.5 Å². The highest BCUT2D eigenvalue weighted by atomic mass is 16.5. The Kier molecular flexibility index (Phi) is 5.29. The summed E-state index contributed by atoms with van der Waals surface area (Å²) in [6.07, 6.45) is 2.14. The number of ether oxygens (including phenoxy) is 2. The molecule has 0 bridgehead atoms. The highest BCUT2D eigenvalue weighted by Crippen LogP contribution is 2.28. The first kappa shape index (κ1) is 16.6. The number of hydrogen-bond acceptors (Lipinski definition) is 4. The van der Waals surface area contributed by atoms with Gasteiger partial charge in [-0.2, -0.15) is 0 Å². The fourth-order valence-corrected chi connectivity index (χ4v) is 2.64. The van der Waals surface area contributed by atoms with Gasteiger partial charge in [0.1, 0.15) is 0 Å². The Balaban J connectivity index is 1.93. The lowest BCUT2D eigenvalue weighted by molar-refractivity contribution is -0.133. The van der Waals surface area contributed by atoms with E-state index in [2.05, 4.69) is 0 Å². The van der Waals surface area contributed by atoms with Crippen molar-refractivity contribution < 1.29 is 19.4 Å². The number of nitrogens with zero attached hydrogens (tertiary/aromatic N) is 1. The van der Waals surface area contributed by atoms with E-state index in [0.29, 0.717) is 31.0 Å². The van der Waals surface area contributed by atoms with Crippen LogP contribution in [0.2, 0.25) is 0 Å². The Morgan fingerprint density at radius 3 is 2.82 bits per heavy atom. The largest absolute Gasteiger partial charge is 0.493 e. The van der Waals surface area contributed by atoms with E-state index in [1.165, 1.54) is 0 Å². The van der Waals surface area contributed by atoms with Crippen LogP contribution in [0.3, 0.4) is 0 Å². The molecular formula is C17H25NO4. The van der Waals surface area contributed by atoms with Crippen LogP contribution in [0.15, 0.2) is 18.2 Å². The normalized spacial score (nSPS) is 22.1. The number of benzene rings is 1. The van der Waals surface area contributed by atoms with Gasteiger partial charge in [0.2, 0.25) is 0 Å². The molecule has 1 saturated heterocycles. The summed E-state index contributed by atoms with van der Waals surface area (Å²) in [5.41, 5.74) is 0.404. The molecule has 5 nitrogen and oxygen atoms in total. The summed E-state index contributed by atoms with van der Waals surface area (Å²) in [6.45, 7) is 5.03. The van der Waals surface area contributed by atoms with Gasteiger partial charge < -0.3 is 19.5 Å². The average Bonchev–Trinajstić information content (AvgIpc) is 2.66. The van der Waals surface area contributed by atoms with Crippen LogP contribution in [0.4, 0.5) is 0 Å². The fraction of sp³-hybridized carbons (Fsp3) is 0.588. The topological polar surface area (TPSA) is 59.0 Å². The van der Waals surface area contributed by atoms with Gasteiger partial charge in [0.15, 0.2) is 18.1 Å². The predicted octanol–water partition coefficient (Wildman–Crippen LogP) is 2.15. The first-order chi connectivity index (χ1) is 10.4. The van der Waals surface area contributed by atoms with E-state index in [9.17, 15) is 9.90 Å². The zero-order valence-electron chi connectivity index (χ0n) is 13.6. The molecule has 1 amide bonds. The molecule has 1 N–H and O–H groups in total. The van der Waals surface area contributed by atoms with Crippen molar-refractivity contribution >= 4 is 5.91 Å². The lowest BCUT2D eigenvalue weighted by atomic mass is 9.98. The molecule has 0 saturated carbocycles. The standard InChI is InChI=1S/C17H25NO4/c1-13-5-6-14(15(11-13)21-3)22-12-16(19)18-9-4-7-17(2,20)8-10-18/h5-6,11,20H,4,7-10,12H2,1-3H3. The molecule has 0 spiro atoms. The number of hydrogen-bond donors (Lipinski definition) is 1. The molecule has 1 aromatic rings. The van der Waals surface area contributed by atoms with Gasteiger partial charge in [-0.1, -0.05) is 6.07 Å². The lowest BCUT2D eigenvalue weighted by Gasteiger charge is -2.22. The summed E-state index contributed by atoms with van der Waals surface area (Å²) in [4.78, 5) is 14.0. The molecule has 0 aliphatic carbocycles. The van der Waals surface area contributed by atoms with Crippen LogP contribution >= 0.6 is 0 Å². The second kappa shape index (κ2) is 7.01. The summed E-state index contributed by atoms with van der Waals surface area (Å²) in [6, 6.07) is 5.61. The maximum absolute atomic E-state index is 12.3. The minimum atomic E-state index is -0.671. The molecule has 22 heavy (non-hydrogen) atoms. The van der Waals surface area contributed by atoms with E-state index in [1.807, 2.05) is 32.0 Å². The van der Waals surface area contributed by atoms with Crippen LogP contribution in [0, 0.1) is 6.92 Å². The van der Waals surface area contributed by atoms with Gasteiger partial charge in [0.25, 0.3) is 5.91 Å². The molecule has 1 aliphatic rings. The lowest BCUT2D eigenvalue weighted by Crippen LogP contribution is -2.36. The van der Waals surface area contributed by atoms with E-state index >= 15 is 0 Å². The third-order valence-corrected chi connectivity index (χ3v) is 4.09. The molecule has 1 aromatic carbocycles. The van der Waals surface area contributed by atoms with Crippen LogP contribution in [0.1, 0.15) is 31.7 Å². The third kappa shape index (κ3) is 4.37. The van der Waals surface area contributed by atoms with Gasteiger partial charge in [-0.25, -0.2) is 0 Å². The molecule has 1 heterocycles. The van der Waals surface area contributed by atoms with Crippen LogP contribution in [-0.4, -0.2) is 48.3 Å². The van der Waals surface area contributed by atoms with Crippen molar-refractivity contribution in [2.24, 2.45) is 0 Å². The quantitative estimate of drug-likeness (QED) is 0.926. The predicted molar refractivity (Wildman–Crippen MR) is 84.3 cm³/mol. The van der Waals surface area contributed by atoms with Crippen molar-refractivity contribution in [1.29, 1.82) is 0 Å². The van der Waals surface area contributed by atoms with Crippen LogP contribution < -0.4 is 9.47 Å². The molecule has 1 atom stereocenters. The Hall–Kier alpha value is -1.75. The van der Waals surface area contributed by atoms with Crippen molar-refractivity contribution in [3.05, 3.63) is 23.8 Å². The van der Waals surface area contributed by atoms with Gasteiger partial charge in [0, 0.05) is 13.1 Å². The molecule has 0 radical (unpaired) electrons. The van der Waals surface area contributed by atoms with Crippen molar-refractivity contribution in [3.63, 3.8) is 0 Å². The number of carbonyl (C=O) groups is 1. The number of amides is 1. The second-order valence-electron chi connectivity index (χ2n) is 6.17. The Labute approximate surface area is 131 Å². The van der Waals surface area contributed by atoms with Crippen LogP contribution in [0.25, 0.3) is 0 Å². The summed E-state index contributed by atoms with van der Waals surface area (Å²) >= 11 is 0. The molecule has 2 rings (SSSR count). The molecule has 1 fully saturated rings. The first-order valence-corrected chi connectivity index (χ1v) is 7.69. The molecule has 122 valence electrons. The van der Waals surface area contributed by atoms with E-state index in [4.69, 9.17) is 9.47 Å². The third-order valence-electron chi connectivity index (χ3n) is 4.09.